The average Bonchev–Trinajstić information content (AvgIpc) is 2.50. The van der Waals surface area contributed by atoms with Crippen LogP contribution < -0.4 is 4.74 Å². The van der Waals surface area contributed by atoms with Crippen LogP contribution in [0.25, 0.3) is 0 Å². The zero-order valence-corrected chi connectivity index (χ0v) is 13.0. The van der Waals surface area contributed by atoms with Crippen LogP contribution in [0, 0.1) is 0 Å². The second kappa shape index (κ2) is 9.60. The van der Waals surface area contributed by atoms with E-state index < -0.39 is 5.97 Å². The van der Waals surface area contributed by atoms with Crippen molar-refractivity contribution in [2.75, 3.05) is 13.2 Å². The Kier molecular flexibility index (Phi) is 7.75. The van der Waals surface area contributed by atoms with Crippen molar-refractivity contribution in [3.8, 4) is 5.75 Å². The topological polar surface area (TPSA) is 61.8 Å². The van der Waals surface area contributed by atoms with Gasteiger partial charge in [0.25, 0.3) is 0 Å². The minimum atomic E-state index is -0.528. The van der Waals surface area contributed by atoms with Gasteiger partial charge in [-0.15, -0.1) is 0 Å². The van der Waals surface area contributed by atoms with Crippen LogP contribution >= 0.6 is 0 Å². The number of ether oxygens (including phenoxy) is 3. The van der Waals surface area contributed by atoms with E-state index in [-0.39, 0.29) is 31.7 Å². The molecule has 5 heteroatoms. The fourth-order valence-corrected chi connectivity index (χ4v) is 1.68. The fraction of sp³-hybridized carbons (Fsp3) is 0.412. The first-order valence-corrected chi connectivity index (χ1v) is 7.21. The molecule has 0 aliphatic carbocycles. The van der Waals surface area contributed by atoms with Gasteiger partial charge < -0.3 is 14.2 Å². The molecular weight excluding hydrogens is 284 g/mol. The largest absolute Gasteiger partial charge is 0.491 e. The quantitative estimate of drug-likeness (QED) is 0.399. The lowest BCUT2D eigenvalue weighted by Gasteiger charge is -2.10. The van der Waals surface area contributed by atoms with Gasteiger partial charge in [0, 0.05) is 12.5 Å². The van der Waals surface area contributed by atoms with Gasteiger partial charge in [-0.05, 0) is 38.0 Å². The molecule has 0 bridgehead atoms. The molecule has 1 rings (SSSR count). The third-order valence-electron chi connectivity index (χ3n) is 2.67. The molecule has 0 aliphatic heterocycles. The van der Waals surface area contributed by atoms with Crippen molar-refractivity contribution in [1.29, 1.82) is 0 Å². The number of hydrogen-bond acceptors (Lipinski definition) is 5. The molecule has 0 saturated carbocycles. The third-order valence-corrected chi connectivity index (χ3v) is 2.67. The van der Waals surface area contributed by atoms with E-state index in [1.165, 1.54) is 0 Å². The molecule has 0 heterocycles. The minimum absolute atomic E-state index is 0.0395. The molecule has 0 spiro atoms. The van der Waals surface area contributed by atoms with E-state index in [1.807, 2.05) is 38.1 Å². The fourth-order valence-electron chi connectivity index (χ4n) is 1.68. The summed E-state index contributed by atoms with van der Waals surface area (Å²) in [6.07, 6.45) is 2.07. The van der Waals surface area contributed by atoms with Crippen LogP contribution in [0.3, 0.4) is 0 Å². The van der Waals surface area contributed by atoms with Gasteiger partial charge in [0.1, 0.15) is 19.0 Å². The predicted molar refractivity (Wildman–Crippen MR) is 82.6 cm³/mol. The Morgan fingerprint density at radius 3 is 2.36 bits per heavy atom. The highest BCUT2D eigenvalue weighted by molar-refractivity contribution is 5.81. The molecule has 1 aromatic rings. The number of benzene rings is 1. The highest BCUT2D eigenvalue weighted by atomic mass is 16.6. The smallest absolute Gasteiger partial charge is 0.330 e. The van der Waals surface area contributed by atoms with Crippen LogP contribution in [0.4, 0.5) is 0 Å². The molecule has 22 heavy (non-hydrogen) atoms. The van der Waals surface area contributed by atoms with E-state index in [1.54, 1.807) is 0 Å². The summed E-state index contributed by atoms with van der Waals surface area (Å²) in [5.74, 6) is -0.0396. The highest BCUT2D eigenvalue weighted by Crippen LogP contribution is 2.14. The molecule has 120 valence electrons. The summed E-state index contributed by atoms with van der Waals surface area (Å²) < 4.78 is 15.2. The first-order valence-electron chi connectivity index (χ1n) is 7.21. The second-order valence-electron chi connectivity index (χ2n) is 4.90. The van der Waals surface area contributed by atoms with Gasteiger partial charge in [-0.25, -0.2) is 4.79 Å². The summed E-state index contributed by atoms with van der Waals surface area (Å²) in [4.78, 5) is 22.3. The maximum atomic E-state index is 11.5. The van der Waals surface area contributed by atoms with E-state index in [9.17, 15) is 9.59 Å². The van der Waals surface area contributed by atoms with Crippen molar-refractivity contribution in [3.05, 3.63) is 42.5 Å². The number of carbonyl (C=O) groups excluding carboxylic acids is 2. The van der Waals surface area contributed by atoms with Crippen molar-refractivity contribution in [2.45, 2.75) is 32.8 Å². The number of esters is 2. The second-order valence-corrected chi connectivity index (χ2v) is 4.90. The van der Waals surface area contributed by atoms with E-state index in [4.69, 9.17) is 14.2 Å². The summed E-state index contributed by atoms with van der Waals surface area (Å²) in [6.45, 7) is 7.30. The Morgan fingerprint density at radius 1 is 1.14 bits per heavy atom. The standard InChI is InChI=1S/C17H22O5/c1-4-16(18)20-11-12-21-17(19)10-7-14-5-8-15(9-6-14)22-13(2)3/h4-6,8-9,13H,1,7,10-12H2,2-3H3. The first kappa shape index (κ1) is 17.8. The third kappa shape index (κ3) is 7.47. The van der Waals surface area contributed by atoms with E-state index >= 15 is 0 Å². The summed E-state index contributed by atoms with van der Waals surface area (Å²) in [7, 11) is 0. The van der Waals surface area contributed by atoms with Crippen LogP contribution in [-0.2, 0) is 25.5 Å². The van der Waals surface area contributed by atoms with Crippen LogP contribution in [0.1, 0.15) is 25.8 Å². The number of rotatable bonds is 9. The number of hydrogen-bond donors (Lipinski definition) is 0. The van der Waals surface area contributed by atoms with Gasteiger partial charge in [0.2, 0.25) is 0 Å². The van der Waals surface area contributed by atoms with Gasteiger partial charge in [-0.3, -0.25) is 4.79 Å². The maximum Gasteiger partial charge on any atom is 0.330 e. The average molecular weight is 306 g/mol. The van der Waals surface area contributed by atoms with E-state index in [0.29, 0.717) is 6.42 Å². The van der Waals surface area contributed by atoms with Crippen molar-refractivity contribution < 1.29 is 23.8 Å². The molecule has 5 nitrogen and oxygen atoms in total. The summed E-state index contributed by atoms with van der Waals surface area (Å²) >= 11 is 0. The number of carbonyl (C=O) groups is 2. The van der Waals surface area contributed by atoms with Gasteiger partial charge >= 0.3 is 11.9 Å². The Hall–Kier alpha value is -2.30. The Labute approximate surface area is 130 Å². The Balaban J connectivity index is 2.23. The van der Waals surface area contributed by atoms with Crippen molar-refractivity contribution >= 4 is 11.9 Å². The Morgan fingerprint density at radius 2 is 1.77 bits per heavy atom. The SMILES string of the molecule is C=CC(=O)OCCOC(=O)CCc1ccc(OC(C)C)cc1. The van der Waals surface area contributed by atoms with E-state index in [2.05, 4.69) is 6.58 Å². The first-order chi connectivity index (χ1) is 10.5. The molecule has 0 radical (unpaired) electrons. The minimum Gasteiger partial charge on any atom is -0.491 e. The van der Waals surface area contributed by atoms with Crippen molar-refractivity contribution in [3.63, 3.8) is 0 Å². The molecule has 0 aliphatic rings. The van der Waals surface area contributed by atoms with Crippen LogP contribution in [0.15, 0.2) is 36.9 Å². The molecule has 0 atom stereocenters. The van der Waals surface area contributed by atoms with Gasteiger partial charge in [0.15, 0.2) is 0 Å². The number of aryl methyl sites for hydroxylation is 1. The Bertz CT molecular complexity index is 490. The lowest BCUT2D eigenvalue weighted by molar-refractivity contribution is -0.149. The van der Waals surface area contributed by atoms with Crippen molar-refractivity contribution in [1.82, 2.24) is 0 Å². The molecule has 0 aromatic heterocycles. The molecular formula is C17H22O5. The zero-order chi connectivity index (χ0) is 16.4. The lowest BCUT2D eigenvalue weighted by Crippen LogP contribution is -2.13. The molecule has 0 unspecified atom stereocenters. The van der Waals surface area contributed by atoms with Crippen LogP contribution in [0.2, 0.25) is 0 Å². The molecule has 1 aromatic carbocycles. The van der Waals surface area contributed by atoms with Crippen molar-refractivity contribution in [2.24, 2.45) is 0 Å². The molecule has 0 fully saturated rings. The van der Waals surface area contributed by atoms with E-state index in [0.717, 1.165) is 17.4 Å². The van der Waals surface area contributed by atoms with Gasteiger partial charge in [-0.1, -0.05) is 18.7 Å². The van der Waals surface area contributed by atoms with Crippen LogP contribution in [-0.4, -0.2) is 31.3 Å². The normalized spacial score (nSPS) is 10.1. The summed E-state index contributed by atoms with van der Waals surface area (Å²) in [5, 5.41) is 0. The highest BCUT2D eigenvalue weighted by Gasteiger charge is 2.05. The predicted octanol–water partition coefficient (Wildman–Crippen LogP) is 2.68. The zero-order valence-electron chi connectivity index (χ0n) is 13.0. The molecule has 0 saturated heterocycles. The summed E-state index contributed by atoms with van der Waals surface area (Å²) in [5.41, 5.74) is 1.03. The lowest BCUT2D eigenvalue weighted by atomic mass is 10.1. The summed E-state index contributed by atoms with van der Waals surface area (Å²) in [6, 6.07) is 7.62. The monoisotopic (exact) mass is 306 g/mol. The molecule has 0 amide bonds. The maximum absolute atomic E-state index is 11.5. The van der Waals surface area contributed by atoms with Crippen LogP contribution in [0.5, 0.6) is 5.75 Å². The van der Waals surface area contributed by atoms with Gasteiger partial charge in [0.05, 0.1) is 6.10 Å². The van der Waals surface area contributed by atoms with Gasteiger partial charge in [-0.2, -0.15) is 0 Å². The molecule has 0 N–H and O–H groups in total.